The first-order chi connectivity index (χ1) is 11.8. The number of urea groups is 1. The van der Waals surface area contributed by atoms with Crippen LogP contribution in [0, 0.1) is 0 Å². The predicted octanol–water partition coefficient (Wildman–Crippen LogP) is 4.47. The van der Waals surface area contributed by atoms with Gasteiger partial charge in [0.2, 0.25) is 0 Å². The Morgan fingerprint density at radius 3 is 2.36 bits per heavy atom. The first kappa shape index (κ1) is 19.5. The number of carbonyl (C=O) groups is 1. The molecule has 0 bridgehead atoms. The zero-order valence-electron chi connectivity index (χ0n) is 13.4. The summed E-state index contributed by atoms with van der Waals surface area (Å²) in [5.74, 6) is 0.452. The molecular formula is C16H16Cl2N2O4S. The minimum atomic E-state index is -2.06. The third-order valence-corrected chi connectivity index (χ3v) is 4.98. The van der Waals surface area contributed by atoms with Gasteiger partial charge in [-0.3, -0.25) is 0 Å². The Morgan fingerprint density at radius 2 is 1.80 bits per heavy atom. The van der Waals surface area contributed by atoms with Gasteiger partial charge in [-0.15, -0.1) is 0 Å². The molecule has 2 amide bonds. The fraction of sp³-hybridized carbons (Fsp3) is 0.188. The summed E-state index contributed by atoms with van der Waals surface area (Å²) < 4.78 is 25.0. The third kappa shape index (κ3) is 4.85. The van der Waals surface area contributed by atoms with Gasteiger partial charge in [-0.2, -0.15) is 0 Å². The van der Waals surface area contributed by atoms with Crippen molar-refractivity contribution in [3.63, 3.8) is 0 Å². The van der Waals surface area contributed by atoms with Gasteiger partial charge >= 0.3 is 6.03 Å². The van der Waals surface area contributed by atoms with Crippen molar-refractivity contribution < 1.29 is 18.3 Å². The van der Waals surface area contributed by atoms with Crippen LogP contribution in [0.5, 0.6) is 5.75 Å². The number of hydrogen-bond donors (Lipinski definition) is 3. The second kappa shape index (κ2) is 8.53. The molecule has 0 fully saturated rings. The van der Waals surface area contributed by atoms with Crippen LogP contribution in [0.2, 0.25) is 10.0 Å². The van der Waals surface area contributed by atoms with E-state index in [0.717, 1.165) is 0 Å². The number of ether oxygens (including phenoxy) is 1. The first-order valence-corrected chi connectivity index (χ1v) is 9.00. The normalized spacial score (nSPS) is 13.0. The number of benzene rings is 2. The smallest absolute Gasteiger partial charge is 0.319 e. The molecule has 6 nitrogen and oxygen atoms in total. The highest BCUT2D eigenvalue weighted by atomic mass is 35.5. The molecule has 1 unspecified atom stereocenters. The first-order valence-electron chi connectivity index (χ1n) is 7.13. The van der Waals surface area contributed by atoms with E-state index in [9.17, 15) is 9.00 Å². The summed E-state index contributed by atoms with van der Waals surface area (Å²) in [5, 5.41) is 5.97. The van der Waals surface area contributed by atoms with Crippen molar-refractivity contribution in [2.45, 2.75) is 17.9 Å². The minimum Gasteiger partial charge on any atom is -0.495 e. The molecule has 0 saturated carbocycles. The van der Waals surface area contributed by atoms with Crippen molar-refractivity contribution in [1.29, 1.82) is 0 Å². The number of amides is 2. The summed E-state index contributed by atoms with van der Waals surface area (Å²) in [6, 6.07) is 8.52. The summed E-state index contributed by atoms with van der Waals surface area (Å²) in [6.45, 7) is 1.77. The molecule has 2 aromatic rings. The van der Waals surface area contributed by atoms with Crippen molar-refractivity contribution in [1.82, 2.24) is 5.32 Å². The average Bonchev–Trinajstić information content (AvgIpc) is 2.57. The Bertz CT molecular complexity index is 799. The number of nitrogens with one attached hydrogen (secondary N) is 2. The molecule has 2 aromatic carbocycles. The quantitative estimate of drug-likeness (QED) is 0.643. The van der Waals surface area contributed by atoms with Gasteiger partial charge in [0.25, 0.3) is 0 Å². The fourth-order valence-electron chi connectivity index (χ4n) is 2.14. The second-order valence-corrected chi connectivity index (χ2v) is 6.80. The molecule has 134 valence electrons. The van der Waals surface area contributed by atoms with Gasteiger partial charge in [-0.1, -0.05) is 29.3 Å². The Morgan fingerprint density at radius 1 is 1.16 bits per heavy atom. The number of hydrogen-bond acceptors (Lipinski definition) is 3. The fourth-order valence-corrected chi connectivity index (χ4v) is 3.07. The van der Waals surface area contributed by atoms with Gasteiger partial charge in [-0.25, -0.2) is 9.00 Å². The van der Waals surface area contributed by atoms with Crippen LogP contribution in [0.15, 0.2) is 41.3 Å². The van der Waals surface area contributed by atoms with E-state index in [1.807, 2.05) is 0 Å². The van der Waals surface area contributed by atoms with Crippen LogP contribution in [0.1, 0.15) is 18.5 Å². The number of rotatable bonds is 5. The van der Waals surface area contributed by atoms with Gasteiger partial charge in [0.05, 0.1) is 23.1 Å². The maximum atomic E-state index is 12.1. The van der Waals surface area contributed by atoms with E-state index in [2.05, 4.69) is 10.6 Å². The predicted molar refractivity (Wildman–Crippen MR) is 99.1 cm³/mol. The standard InChI is InChI=1S/C16H16Cl2N2O4S/c1-9(12-7-8-13(24-2)15(18)14(12)17)19-16(21)20-10-3-5-11(6-4-10)25(22)23/h3-9H,1-2H3,(H,22,23)(H2,19,20,21)/t9-/m0/s1. The van der Waals surface area contributed by atoms with E-state index in [-0.39, 0.29) is 9.92 Å². The average molecular weight is 403 g/mol. The molecule has 0 radical (unpaired) electrons. The van der Waals surface area contributed by atoms with E-state index in [4.69, 9.17) is 32.5 Å². The molecule has 0 aromatic heterocycles. The van der Waals surface area contributed by atoms with Crippen LogP contribution in [-0.4, -0.2) is 21.9 Å². The lowest BCUT2D eigenvalue weighted by atomic mass is 10.1. The van der Waals surface area contributed by atoms with E-state index in [1.165, 1.54) is 31.4 Å². The Balaban J connectivity index is 2.05. The zero-order valence-corrected chi connectivity index (χ0v) is 15.7. The maximum absolute atomic E-state index is 12.1. The summed E-state index contributed by atoms with van der Waals surface area (Å²) in [4.78, 5) is 12.4. The monoisotopic (exact) mass is 402 g/mol. The zero-order chi connectivity index (χ0) is 18.6. The Hall–Kier alpha value is -1.80. The lowest BCUT2D eigenvalue weighted by molar-refractivity contribution is 0.249. The minimum absolute atomic E-state index is 0.249. The van der Waals surface area contributed by atoms with Crippen molar-refractivity contribution in [3.8, 4) is 5.75 Å². The molecule has 9 heteroatoms. The van der Waals surface area contributed by atoms with Gasteiger partial charge in [0.1, 0.15) is 10.8 Å². The summed E-state index contributed by atoms with van der Waals surface area (Å²) in [6.07, 6.45) is 0. The highest BCUT2D eigenvalue weighted by Crippen LogP contribution is 2.36. The molecule has 25 heavy (non-hydrogen) atoms. The molecule has 0 spiro atoms. The van der Waals surface area contributed by atoms with Gasteiger partial charge in [-0.05, 0) is 42.8 Å². The summed E-state index contributed by atoms with van der Waals surface area (Å²) >= 11 is 10.3. The Kier molecular flexibility index (Phi) is 6.66. The van der Waals surface area contributed by atoms with E-state index in [1.54, 1.807) is 19.1 Å². The summed E-state index contributed by atoms with van der Waals surface area (Å²) in [5.41, 5.74) is 1.13. The second-order valence-electron chi connectivity index (χ2n) is 5.08. The van der Waals surface area contributed by atoms with Crippen molar-refractivity contribution in [2.24, 2.45) is 0 Å². The van der Waals surface area contributed by atoms with Crippen LogP contribution < -0.4 is 15.4 Å². The summed E-state index contributed by atoms with van der Waals surface area (Å²) in [7, 11) is 1.49. The maximum Gasteiger partial charge on any atom is 0.319 e. The lowest BCUT2D eigenvalue weighted by Gasteiger charge is -2.18. The van der Waals surface area contributed by atoms with Crippen LogP contribution in [0.4, 0.5) is 10.5 Å². The molecule has 3 N–H and O–H groups in total. The SMILES string of the molecule is COc1ccc([C@H](C)NC(=O)Nc2ccc(S(=O)O)cc2)c(Cl)c1Cl. The molecule has 0 aliphatic rings. The van der Waals surface area contributed by atoms with Crippen LogP contribution in [-0.2, 0) is 11.1 Å². The molecule has 0 saturated heterocycles. The molecule has 2 atom stereocenters. The van der Waals surface area contributed by atoms with E-state index < -0.39 is 23.2 Å². The van der Waals surface area contributed by atoms with Crippen molar-refractivity contribution in [3.05, 3.63) is 52.0 Å². The highest BCUT2D eigenvalue weighted by molar-refractivity contribution is 7.79. The van der Waals surface area contributed by atoms with Crippen LogP contribution >= 0.6 is 23.2 Å². The number of methoxy groups -OCH3 is 1. The van der Waals surface area contributed by atoms with Crippen LogP contribution in [0.3, 0.4) is 0 Å². The van der Waals surface area contributed by atoms with E-state index in [0.29, 0.717) is 22.0 Å². The van der Waals surface area contributed by atoms with E-state index >= 15 is 0 Å². The van der Waals surface area contributed by atoms with Gasteiger partial charge < -0.3 is 19.9 Å². The van der Waals surface area contributed by atoms with Gasteiger partial charge in [0, 0.05) is 5.69 Å². The number of halogens is 2. The molecule has 0 aliphatic heterocycles. The van der Waals surface area contributed by atoms with Gasteiger partial charge in [0.15, 0.2) is 11.1 Å². The topological polar surface area (TPSA) is 87.7 Å². The molecule has 0 aliphatic carbocycles. The molecule has 2 rings (SSSR count). The number of anilines is 1. The van der Waals surface area contributed by atoms with Crippen molar-refractivity contribution in [2.75, 3.05) is 12.4 Å². The largest absolute Gasteiger partial charge is 0.495 e. The lowest BCUT2D eigenvalue weighted by Crippen LogP contribution is -2.31. The van der Waals surface area contributed by atoms with Crippen molar-refractivity contribution >= 4 is 46.0 Å². The van der Waals surface area contributed by atoms with Crippen LogP contribution in [0.25, 0.3) is 0 Å². The molecular weight excluding hydrogens is 387 g/mol. The molecule has 0 heterocycles. The third-order valence-electron chi connectivity index (χ3n) is 3.42. The number of carbonyl (C=O) groups excluding carboxylic acids is 1. The Labute approximate surface area is 157 Å². The highest BCUT2D eigenvalue weighted by Gasteiger charge is 2.17.